The van der Waals surface area contributed by atoms with Gasteiger partial charge in [0.1, 0.15) is 0 Å². The minimum atomic E-state index is 0.362. The van der Waals surface area contributed by atoms with Gasteiger partial charge in [-0.2, -0.15) is 0 Å². The van der Waals surface area contributed by atoms with Gasteiger partial charge in [0.05, 0.1) is 0 Å². The largest absolute Gasteiger partial charge is 0.317 e. The summed E-state index contributed by atoms with van der Waals surface area (Å²) in [4.78, 5) is 0. The highest BCUT2D eigenvalue weighted by molar-refractivity contribution is 5.35. The summed E-state index contributed by atoms with van der Waals surface area (Å²) < 4.78 is 0. The molecule has 106 valence electrons. The lowest BCUT2D eigenvalue weighted by Crippen LogP contribution is -2.33. The van der Waals surface area contributed by atoms with E-state index in [0.717, 1.165) is 13.1 Å². The molecule has 0 amide bonds. The van der Waals surface area contributed by atoms with E-state index in [2.05, 4.69) is 51.2 Å². The molecule has 1 N–H and O–H groups in total. The van der Waals surface area contributed by atoms with Crippen LogP contribution in [-0.2, 0) is 19.3 Å². The quantitative estimate of drug-likeness (QED) is 0.843. The van der Waals surface area contributed by atoms with Crippen LogP contribution in [0, 0.1) is 11.3 Å². The fourth-order valence-corrected chi connectivity index (χ4v) is 3.04. The Kier molecular flexibility index (Phi) is 4.67. The lowest BCUT2D eigenvalue weighted by Gasteiger charge is -2.31. The van der Waals surface area contributed by atoms with E-state index in [0.29, 0.717) is 11.3 Å². The molecular weight excluding hydrogens is 230 g/mol. The van der Waals surface area contributed by atoms with Crippen molar-refractivity contribution in [3.05, 3.63) is 34.9 Å². The number of aryl methyl sites for hydroxylation is 2. The second kappa shape index (κ2) is 6.09. The summed E-state index contributed by atoms with van der Waals surface area (Å²) in [5.41, 5.74) is 5.08. The smallest absolute Gasteiger partial charge is 0.00124 e. The van der Waals surface area contributed by atoms with Crippen LogP contribution in [-0.4, -0.2) is 13.1 Å². The van der Waals surface area contributed by atoms with Gasteiger partial charge in [0.25, 0.3) is 0 Å². The zero-order chi connectivity index (χ0) is 13.9. The molecule has 0 saturated heterocycles. The van der Waals surface area contributed by atoms with Crippen molar-refractivity contribution in [1.82, 2.24) is 5.32 Å². The first-order valence-electron chi connectivity index (χ1n) is 7.82. The SMILES string of the molecule is CCNCC(Cc1ccc2c(c1)CCC2)C(C)(C)C. The van der Waals surface area contributed by atoms with Gasteiger partial charge in [-0.25, -0.2) is 0 Å². The average molecular weight is 259 g/mol. The van der Waals surface area contributed by atoms with Gasteiger partial charge in [0, 0.05) is 0 Å². The summed E-state index contributed by atoms with van der Waals surface area (Å²) in [6.45, 7) is 11.5. The lowest BCUT2D eigenvalue weighted by molar-refractivity contribution is 0.232. The fourth-order valence-electron chi connectivity index (χ4n) is 3.04. The molecule has 0 aliphatic heterocycles. The van der Waals surface area contributed by atoms with E-state index in [-0.39, 0.29) is 0 Å². The molecule has 1 aliphatic carbocycles. The average Bonchev–Trinajstić information content (AvgIpc) is 2.80. The third-order valence-corrected chi connectivity index (χ3v) is 4.51. The molecule has 1 aromatic rings. The lowest BCUT2D eigenvalue weighted by atomic mass is 9.77. The van der Waals surface area contributed by atoms with Crippen molar-refractivity contribution in [2.24, 2.45) is 11.3 Å². The van der Waals surface area contributed by atoms with Gasteiger partial charge < -0.3 is 5.32 Å². The second-order valence-corrected chi connectivity index (χ2v) is 7.03. The standard InChI is InChI=1S/C18H29N/c1-5-19-13-17(18(2,3)4)12-14-9-10-15-7-6-8-16(15)11-14/h9-11,17,19H,5-8,12-13H2,1-4H3. The van der Waals surface area contributed by atoms with Crippen molar-refractivity contribution in [3.8, 4) is 0 Å². The van der Waals surface area contributed by atoms with Crippen LogP contribution in [0.15, 0.2) is 18.2 Å². The summed E-state index contributed by atoms with van der Waals surface area (Å²) in [6.07, 6.45) is 5.12. The summed E-state index contributed by atoms with van der Waals surface area (Å²) in [5, 5.41) is 3.53. The molecule has 19 heavy (non-hydrogen) atoms. The van der Waals surface area contributed by atoms with E-state index in [1.54, 1.807) is 11.1 Å². The van der Waals surface area contributed by atoms with Crippen LogP contribution < -0.4 is 5.32 Å². The van der Waals surface area contributed by atoms with Gasteiger partial charge in [0.2, 0.25) is 0 Å². The highest BCUT2D eigenvalue weighted by atomic mass is 14.8. The maximum absolute atomic E-state index is 3.53. The van der Waals surface area contributed by atoms with Gasteiger partial charge >= 0.3 is 0 Å². The predicted octanol–water partition coefficient (Wildman–Crippen LogP) is 3.99. The van der Waals surface area contributed by atoms with E-state index in [4.69, 9.17) is 0 Å². The summed E-state index contributed by atoms with van der Waals surface area (Å²) in [5.74, 6) is 0.701. The molecule has 1 heteroatoms. The van der Waals surface area contributed by atoms with Gasteiger partial charge in [-0.3, -0.25) is 0 Å². The molecule has 1 aliphatic rings. The van der Waals surface area contributed by atoms with Gasteiger partial charge in [-0.1, -0.05) is 45.9 Å². The molecule has 0 heterocycles. The molecule has 1 aromatic carbocycles. The molecule has 1 atom stereocenters. The Morgan fingerprint density at radius 3 is 2.58 bits per heavy atom. The van der Waals surface area contributed by atoms with Crippen molar-refractivity contribution < 1.29 is 0 Å². The summed E-state index contributed by atoms with van der Waals surface area (Å²) in [7, 11) is 0. The Bertz CT molecular complexity index is 414. The highest BCUT2D eigenvalue weighted by Crippen LogP contribution is 2.30. The van der Waals surface area contributed by atoms with E-state index in [1.165, 1.54) is 31.2 Å². The van der Waals surface area contributed by atoms with E-state index in [1.807, 2.05) is 0 Å². The number of hydrogen-bond donors (Lipinski definition) is 1. The Morgan fingerprint density at radius 1 is 1.16 bits per heavy atom. The van der Waals surface area contributed by atoms with E-state index in [9.17, 15) is 0 Å². The monoisotopic (exact) mass is 259 g/mol. The molecule has 2 rings (SSSR count). The molecule has 1 nitrogen and oxygen atoms in total. The molecule has 0 spiro atoms. The fraction of sp³-hybridized carbons (Fsp3) is 0.667. The minimum absolute atomic E-state index is 0.362. The Hall–Kier alpha value is -0.820. The van der Waals surface area contributed by atoms with Gasteiger partial charge in [-0.05, 0) is 66.8 Å². The molecular formula is C18H29N. The topological polar surface area (TPSA) is 12.0 Å². The third-order valence-electron chi connectivity index (χ3n) is 4.51. The van der Waals surface area contributed by atoms with E-state index < -0.39 is 0 Å². The maximum atomic E-state index is 3.53. The van der Waals surface area contributed by atoms with Crippen molar-refractivity contribution in [3.63, 3.8) is 0 Å². The molecule has 1 unspecified atom stereocenters. The number of nitrogens with one attached hydrogen (secondary N) is 1. The first-order chi connectivity index (χ1) is 9.00. The Morgan fingerprint density at radius 2 is 1.89 bits per heavy atom. The zero-order valence-corrected chi connectivity index (χ0v) is 13.1. The van der Waals surface area contributed by atoms with Crippen LogP contribution in [0.1, 0.15) is 50.8 Å². The van der Waals surface area contributed by atoms with Crippen LogP contribution in [0.25, 0.3) is 0 Å². The number of rotatable bonds is 5. The summed E-state index contributed by atoms with van der Waals surface area (Å²) in [6, 6.07) is 7.19. The van der Waals surface area contributed by atoms with Crippen LogP contribution in [0.5, 0.6) is 0 Å². The predicted molar refractivity (Wildman–Crippen MR) is 83.7 cm³/mol. The maximum Gasteiger partial charge on any atom is -0.00124 e. The minimum Gasteiger partial charge on any atom is -0.317 e. The molecule has 0 radical (unpaired) electrons. The van der Waals surface area contributed by atoms with Crippen molar-refractivity contribution >= 4 is 0 Å². The second-order valence-electron chi connectivity index (χ2n) is 7.03. The van der Waals surface area contributed by atoms with Gasteiger partial charge in [-0.15, -0.1) is 0 Å². The first kappa shape index (κ1) is 14.6. The molecule has 0 bridgehead atoms. The van der Waals surface area contributed by atoms with Gasteiger partial charge in [0.15, 0.2) is 0 Å². The van der Waals surface area contributed by atoms with E-state index >= 15 is 0 Å². The Balaban J connectivity index is 2.08. The first-order valence-corrected chi connectivity index (χ1v) is 7.82. The van der Waals surface area contributed by atoms with Crippen molar-refractivity contribution in [1.29, 1.82) is 0 Å². The van der Waals surface area contributed by atoms with Crippen LogP contribution >= 0.6 is 0 Å². The van der Waals surface area contributed by atoms with Crippen LogP contribution in [0.4, 0.5) is 0 Å². The number of hydrogen-bond acceptors (Lipinski definition) is 1. The summed E-state index contributed by atoms with van der Waals surface area (Å²) >= 11 is 0. The normalized spacial score (nSPS) is 16.4. The molecule has 0 fully saturated rings. The molecule has 0 aromatic heterocycles. The molecule has 0 saturated carbocycles. The van der Waals surface area contributed by atoms with Crippen molar-refractivity contribution in [2.75, 3.05) is 13.1 Å². The zero-order valence-electron chi connectivity index (χ0n) is 13.1. The van der Waals surface area contributed by atoms with Crippen LogP contribution in [0.3, 0.4) is 0 Å². The van der Waals surface area contributed by atoms with Crippen molar-refractivity contribution in [2.45, 2.75) is 53.4 Å². The highest BCUT2D eigenvalue weighted by Gasteiger charge is 2.24. The third kappa shape index (κ3) is 3.82. The van der Waals surface area contributed by atoms with Crippen LogP contribution in [0.2, 0.25) is 0 Å². The number of benzene rings is 1. The number of fused-ring (bicyclic) bond motifs is 1. The Labute approximate surface area is 118 Å².